The minimum atomic E-state index is 0.129. The van der Waals surface area contributed by atoms with E-state index >= 15 is 0 Å². The molecule has 0 radical (unpaired) electrons. The first-order valence-electron chi connectivity index (χ1n) is 5.29. The van der Waals surface area contributed by atoms with Crippen molar-refractivity contribution in [3.05, 3.63) is 34.3 Å². The molecule has 1 N–H and O–H groups in total. The van der Waals surface area contributed by atoms with E-state index in [2.05, 4.69) is 37.2 Å². The van der Waals surface area contributed by atoms with Gasteiger partial charge < -0.3 is 5.32 Å². The third kappa shape index (κ3) is 5.66. The number of benzene rings is 1. The Morgan fingerprint density at radius 3 is 2.50 bits per heavy atom. The number of nitrogens with one attached hydrogen (secondary N) is 1. The molecule has 0 saturated heterocycles. The van der Waals surface area contributed by atoms with E-state index in [1.807, 2.05) is 24.3 Å². The zero-order chi connectivity index (χ0) is 11.8. The highest BCUT2D eigenvalue weighted by Gasteiger charge is 2.00. The molecule has 0 bridgehead atoms. The summed E-state index contributed by atoms with van der Waals surface area (Å²) < 4.78 is 1.06. The van der Waals surface area contributed by atoms with Gasteiger partial charge in [0, 0.05) is 22.8 Å². The number of carbonyl (C=O) groups excluding carboxylic acids is 1. The molecule has 0 aliphatic rings. The Morgan fingerprint density at radius 2 is 1.88 bits per heavy atom. The van der Waals surface area contributed by atoms with Crippen molar-refractivity contribution in [1.29, 1.82) is 0 Å². The van der Waals surface area contributed by atoms with Crippen LogP contribution in [0.4, 0.5) is 0 Å². The Bertz CT molecular complexity index is 324. The number of amides is 1. The second-order valence-corrected chi connectivity index (χ2v) is 5.26. The molecule has 16 heavy (non-hydrogen) atoms. The van der Waals surface area contributed by atoms with Crippen LogP contribution in [0.1, 0.15) is 24.8 Å². The van der Waals surface area contributed by atoms with E-state index in [1.165, 1.54) is 0 Å². The van der Waals surface area contributed by atoms with Crippen LogP contribution in [-0.2, 0) is 11.3 Å². The van der Waals surface area contributed by atoms with Gasteiger partial charge in [0.05, 0.1) is 0 Å². The molecule has 0 aliphatic carbocycles. The highest BCUT2D eigenvalue weighted by Crippen LogP contribution is 2.10. The third-order valence-corrected chi connectivity index (χ3v) is 3.28. The molecule has 2 nitrogen and oxygen atoms in total. The minimum Gasteiger partial charge on any atom is -0.352 e. The molecule has 0 spiro atoms. The average molecular weight is 349 g/mol. The van der Waals surface area contributed by atoms with Crippen molar-refractivity contribution in [3.63, 3.8) is 0 Å². The van der Waals surface area contributed by atoms with Crippen molar-refractivity contribution in [2.75, 3.05) is 5.33 Å². The number of carbonyl (C=O) groups is 1. The second kappa shape index (κ2) is 7.85. The largest absolute Gasteiger partial charge is 0.352 e. The van der Waals surface area contributed by atoms with Gasteiger partial charge in [0.25, 0.3) is 0 Å². The van der Waals surface area contributed by atoms with E-state index in [9.17, 15) is 4.79 Å². The van der Waals surface area contributed by atoms with E-state index in [1.54, 1.807) is 0 Å². The quantitative estimate of drug-likeness (QED) is 0.617. The number of unbranched alkanes of at least 4 members (excludes halogenated alkanes) is 1. The summed E-state index contributed by atoms with van der Waals surface area (Å²) in [5.41, 5.74) is 1.12. The third-order valence-electron chi connectivity index (χ3n) is 2.19. The van der Waals surface area contributed by atoms with Crippen molar-refractivity contribution >= 4 is 37.8 Å². The SMILES string of the molecule is O=C(CCCCBr)NCc1ccc(Br)cc1. The lowest BCUT2D eigenvalue weighted by molar-refractivity contribution is -0.121. The molecule has 0 fully saturated rings. The summed E-state index contributed by atoms with van der Waals surface area (Å²) in [6, 6.07) is 7.96. The van der Waals surface area contributed by atoms with Crippen LogP contribution in [0.25, 0.3) is 0 Å². The van der Waals surface area contributed by atoms with Crippen LogP contribution < -0.4 is 5.32 Å². The summed E-state index contributed by atoms with van der Waals surface area (Å²) in [7, 11) is 0. The zero-order valence-corrected chi connectivity index (χ0v) is 12.2. The van der Waals surface area contributed by atoms with Gasteiger partial charge in [-0.3, -0.25) is 4.79 Å². The Hall–Kier alpha value is -0.350. The second-order valence-electron chi connectivity index (χ2n) is 3.55. The molecule has 0 heterocycles. The predicted octanol–water partition coefficient (Wildman–Crippen LogP) is 3.63. The smallest absolute Gasteiger partial charge is 0.220 e. The zero-order valence-electron chi connectivity index (χ0n) is 9.01. The number of rotatable bonds is 6. The summed E-state index contributed by atoms with van der Waals surface area (Å²) in [6.45, 7) is 0.612. The van der Waals surface area contributed by atoms with Gasteiger partial charge in [-0.25, -0.2) is 0 Å². The normalized spacial score (nSPS) is 10.1. The predicted molar refractivity (Wildman–Crippen MR) is 73.6 cm³/mol. The highest BCUT2D eigenvalue weighted by atomic mass is 79.9. The first-order chi connectivity index (χ1) is 7.72. The van der Waals surface area contributed by atoms with Crippen molar-refractivity contribution in [1.82, 2.24) is 5.32 Å². The van der Waals surface area contributed by atoms with Gasteiger partial charge >= 0.3 is 0 Å². The molecule has 1 rings (SSSR count). The Labute approximate surface area is 113 Å². The number of halogens is 2. The summed E-state index contributed by atoms with van der Waals surface area (Å²) in [6.07, 6.45) is 2.60. The molecule has 1 aromatic rings. The maximum absolute atomic E-state index is 11.4. The van der Waals surface area contributed by atoms with Gasteiger partial charge in [0.2, 0.25) is 5.91 Å². The molecule has 4 heteroatoms. The molecule has 0 atom stereocenters. The topological polar surface area (TPSA) is 29.1 Å². The van der Waals surface area contributed by atoms with Gasteiger partial charge in [-0.2, -0.15) is 0 Å². The standard InChI is InChI=1S/C12H15Br2NO/c13-8-2-1-3-12(16)15-9-10-4-6-11(14)7-5-10/h4-7H,1-3,8-9H2,(H,15,16). The van der Waals surface area contributed by atoms with Crippen LogP contribution in [0, 0.1) is 0 Å². The fourth-order valence-electron chi connectivity index (χ4n) is 1.27. The molecule has 1 aromatic carbocycles. The summed E-state index contributed by atoms with van der Waals surface area (Å²) in [4.78, 5) is 11.4. The Balaban J connectivity index is 2.23. The van der Waals surface area contributed by atoms with Gasteiger partial charge in [-0.05, 0) is 30.5 Å². The van der Waals surface area contributed by atoms with Crippen LogP contribution in [0.5, 0.6) is 0 Å². The molecule has 0 saturated carbocycles. The fraction of sp³-hybridized carbons (Fsp3) is 0.417. The fourth-order valence-corrected chi connectivity index (χ4v) is 1.93. The van der Waals surface area contributed by atoms with Gasteiger partial charge in [-0.1, -0.05) is 44.0 Å². The first kappa shape index (κ1) is 13.7. The number of hydrogen-bond acceptors (Lipinski definition) is 1. The highest BCUT2D eigenvalue weighted by molar-refractivity contribution is 9.10. The maximum atomic E-state index is 11.4. The van der Waals surface area contributed by atoms with E-state index in [4.69, 9.17) is 0 Å². The van der Waals surface area contributed by atoms with Gasteiger partial charge in [0.1, 0.15) is 0 Å². The van der Waals surface area contributed by atoms with Crippen LogP contribution >= 0.6 is 31.9 Å². The monoisotopic (exact) mass is 347 g/mol. The Kier molecular flexibility index (Phi) is 6.73. The molecule has 0 aliphatic heterocycles. The van der Waals surface area contributed by atoms with E-state index in [-0.39, 0.29) is 5.91 Å². The maximum Gasteiger partial charge on any atom is 0.220 e. The van der Waals surface area contributed by atoms with Crippen LogP contribution in [-0.4, -0.2) is 11.2 Å². The van der Waals surface area contributed by atoms with E-state index in [0.29, 0.717) is 13.0 Å². The van der Waals surface area contributed by atoms with Gasteiger partial charge in [-0.15, -0.1) is 0 Å². The minimum absolute atomic E-state index is 0.129. The number of hydrogen-bond donors (Lipinski definition) is 1. The number of alkyl halides is 1. The van der Waals surface area contributed by atoms with Crippen molar-refractivity contribution < 1.29 is 4.79 Å². The van der Waals surface area contributed by atoms with Crippen molar-refractivity contribution in [2.24, 2.45) is 0 Å². The lowest BCUT2D eigenvalue weighted by Crippen LogP contribution is -2.22. The van der Waals surface area contributed by atoms with Gasteiger partial charge in [0.15, 0.2) is 0 Å². The van der Waals surface area contributed by atoms with Crippen molar-refractivity contribution in [3.8, 4) is 0 Å². The van der Waals surface area contributed by atoms with Crippen LogP contribution in [0.15, 0.2) is 28.7 Å². The molecule has 1 amide bonds. The molecule has 0 unspecified atom stereocenters. The van der Waals surface area contributed by atoms with E-state index in [0.717, 1.165) is 28.2 Å². The average Bonchev–Trinajstić information content (AvgIpc) is 2.29. The summed E-state index contributed by atoms with van der Waals surface area (Å²) >= 11 is 6.72. The molecule has 88 valence electrons. The summed E-state index contributed by atoms with van der Waals surface area (Å²) in [5, 5.41) is 3.87. The molecular weight excluding hydrogens is 334 g/mol. The van der Waals surface area contributed by atoms with Crippen LogP contribution in [0.3, 0.4) is 0 Å². The first-order valence-corrected chi connectivity index (χ1v) is 7.21. The molecular formula is C12H15Br2NO. The van der Waals surface area contributed by atoms with Crippen LogP contribution in [0.2, 0.25) is 0 Å². The molecule has 0 aromatic heterocycles. The van der Waals surface area contributed by atoms with Crippen molar-refractivity contribution in [2.45, 2.75) is 25.8 Å². The lowest BCUT2D eigenvalue weighted by Gasteiger charge is -2.05. The summed E-state index contributed by atoms with van der Waals surface area (Å²) in [5.74, 6) is 0.129. The Morgan fingerprint density at radius 1 is 1.19 bits per heavy atom. The van der Waals surface area contributed by atoms with E-state index < -0.39 is 0 Å². The lowest BCUT2D eigenvalue weighted by atomic mass is 10.2.